The van der Waals surface area contributed by atoms with Crippen LogP contribution in [0.15, 0.2) is 71.9 Å². The zero-order chi connectivity index (χ0) is 11.9. The Morgan fingerprint density at radius 1 is 0.882 bits per heavy atom. The molecule has 0 atom stereocenters. The summed E-state index contributed by atoms with van der Waals surface area (Å²) in [5.74, 6) is 0. The second kappa shape index (κ2) is 5.66. The first-order chi connectivity index (χ1) is 8.40. The molecular formula is C15H14N2. The SMILES string of the molecule is NC=CC=Nc1cccc(-c2ccccc2)c1. The van der Waals surface area contributed by atoms with Crippen molar-refractivity contribution < 1.29 is 0 Å². The lowest BCUT2D eigenvalue weighted by atomic mass is 10.1. The number of hydrogen-bond acceptors (Lipinski definition) is 2. The Bertz CT molecular complexity index is 528. The number of hydrogen-bond donors (Lipinski definition) is 1. The van der Waals surface area contributed by atoms with E-state index in [2.05, 4.69) is 29.3 Å². The molecule has 0 bridgehead atoms. The smallest absolute Gasteiger partial charge is 0.0635 e. The molecule has 84 valence electrons. The van der Waals surface area contributed by atoms with E-state index in [4.69, 9.17) is 5.73 Å². The van der Waals surface area contributed by atoms with Gasteiger partial charge in [0.05, 0.1) is 5.69 Å². The van der Waals surface area contributed by atoms with Crippen LogP contribution in [0.4, 0.5) is 5.69 Å². The van der Waals surface area contributed by atoms with Crippen LogP contribution in [0.1, 0.15) is 0 Å². The molecule has 0 saturated heterocycles. The summed E-state index contributed by atoms with van der Waals surface area (Å²) in [6.45, 7) is 0. The maximum Gasteiger partial charge on any atom is 0.0635 e. The number of allylic oxidation sites excluding steroid dienone is 1. The van der Waals surface area contributed by atoms with E-state index in [1.54, 1.807) is 12.3 Å². The summed E-state index contributed by atoms with van der Waals surface area (Å²) in [5.41, 5.74) is 8.52. The third kappa shape index (κ3) is 3.05. The number of nitrogens with zero attached hydrogens (tertiary/aromatic N) is 1. The standard InChI is InChI=1S/C15H14N2/c16-10-5-11-17-15-9-4-8-14(12-15)13-6-2-1-3-7-13/h1-12H,16H2. The van der Waals surface area contributed by atoms with E-state index in [0.717, 1.165) is 11.3 Å². The molecule has 0 aromatic heterocycles. The Morgan fingerprint density at radius 3 is 2.41 bits per heavy atom. The molecule has 0 aliphatic rings. The van der Waals surface area contributed by atoms with Gasteiger partial charge in [0, 0.05) is 6.21 Å². The van der Waals surface area contributed by atoms with Crippen molar-refractivity contribution in [2.75, 3.05) is 0 Å². The Kier molecular flexibility index (Phi) is 3.71. The lowest BCUT2D eigenvalue weighted by Crippen LogP contribution is -1.77. The van der Waals surface area contributed by atoms with Crippen LogP contribution in [0.2, 0.25) is 0 Å². The highest BCUT2D eigenvalue weighted by Crippen LogP contribution is 2.23. The lowest BCUT2D eigenvalue weighted by Gasteiger charge is -2.01. The van der Waals surface area contributed by atoms with E-state index in [-0.39, 0.29) is 0 Å². The fourth-order valence-electron chi connectivity index (χ4n) is 1.58. The molecule has 0 fully saturated rings. The molecule has 0 amide bonds. The zero-order valence-corrected chi connectivity index (χ0v) is 9.45. The highest BCUT2D eigenvalue weighted by atomic mass is 14.7. The van der Waals surface area contributed by atoms with Gasteiger partial charge < -0.3 is 5.73 Å². The van der Waals surface area contributed by atoms with Crippen LogP contribution >= 0.6 is 0 Å². The highest BCUT2D eigenvalue weighted by Gasteiger charge is 1.96. The Hall–Kier alpha value is -2.35. The van der Waals surface area contributed by atoms with Crippen LogP contribution < -0.4 is 5.73 Å². The van der Waals surface area contributed by atoms with Gasteiger partial charge in [-0.3, -0.25) is 4.99 Å². The first kappa shape index (κ1) is 11.1. The average Bonchev–Trinajstić information content (AvgIpc) is 2.41. The minimum absolute atomic E-state index is 0.921. The monoisotopic (exact) mass is 222 g/mol. The van der Waals surface area contributed by atoms with Crippen molar-refractivity contribution in [1.82, 2.24) is 0 Å². The molecule has 0 radical (unpaired) electrons. The minimum Gasteiger partial charge on any atom is -0.405 e. The van der Waals surface area contributed by atoms with Crippen LogP contribution in [-0.4, -0.2) is 6.21 Å². The van der Waals surface area contributed by atoms with Gasteiger partial charge in [-0.25, -0.2) is 0 Å². The molecule has 2 nitrogen and oxygen atoms in total. The molecule has 2 rings (SSSR count). The van der Waals surface area contributed by atoms with E-state index in [1.807, 2.05) is 30.3 Å². The predicted octanol–water partition coefficient (Wildman–Crippen LogP) is 3.53. The largest absolute Gasteiger partial charge is 0.405 e. The second-order valence-corrected chi connectivity index (χ2v) is 3.58. The fraction of sp³-hybridized carbons (Fsp3) is 0. The van der Waals surface area contributed by atoms with Crippen molar-refractivity contribution in [2.24, 2.45) is 10.7 Å². The molecular weight excluding hydrogens is 208 g/mol. The van der Waals surface area contributed by atoms with E-state index < -0.39 is 0 Å². The average molecular weight is 222 g/mol. The maximum atomic E-state index is 5.24. The van der Waals surface area contributed by atoms with Crippen LogP contribution in [-0.2, 0) is 0 Å². The molecule has 0 aliphatic heterocycles. The van der Waals surface area contributed by atoms with Crippen molar-refractivity contribution in [3.8, 4) is 11.1 Å². The van der Waals surface area contributed by atoms with Gasteiger partial charge in [-0.05, 0) is 35.5 Å². The quantitative estimate of drug-likeness (QED) is 0.793. The molecule has 0 saturated carbocycles. The van der Waals surface area contributed by atoms with Gasteiger partial charge in [0.25, 0.3) is 0 Å². The molecule has 2 aromatic rings. The minimum atomic E-state index is 0.921. The summed E-state index contributed by atoms with van der Waals surface area (Å²) in [6, 6.07) is 18.3. The van der Waals surface area contributed by atoms with E-state index >= 15 is 0 Å². The molecule has 0 spiro atoms. The highest BCUT2D eigenvalue weighted by molar-refractivity contribution is 5.75. The first-order valence-electron chi connectivity index (χ1n) is 5.46. The normalized spacial score (nSPS) is 11.3. The Morgan fingerprint density at radius 2 is 1.65 bits per heavy atom. The second-order valence-electron chi connectivity index (χ2n) is 3.58. The van der Waals surface area contributed by atoms with Gasteiger partial charge in [-0.15, -0.1) is 0 Å². The summed E-state index contributed by atoms with van der Waals surface area (Å²) in [4.78, 5) is 4.29. The van der Waals surface area contributed by atoms with Gasteiger partial charge >= 0.3 is 0 Å². The zero-order valence-electron chi connectivity index (χ0n) is 9.45. The molecule has 2 aromatic carbocycles. The maximum absolute atomic E-state index is 5.24. The number of aliphatic imine (C=N–C) groups is 1. The number of nitrogens with two attached hydrogens (primary N) is 1. The molecule has 0 aliphatic carbocycles. The summed E-state index contributed by atoms with van der Waals surface area (Å²) in [5, 5.41) is 0. The Balaban J connectivity index is 2.29. The van der Waals surface area contributed by atoms with Gasteiger partial charge in [-0.2, -0.15) is 0 Å². The molecule has 2 heteroatoms. The van der Waals surface area contributed by atoms with Crippen molar-refractivity contribution in [1.29, 1.82) is 0 Å². The summed E-state index contributed by atoms with van der Waals surface area (Å²) >= 11 is 0. The van der Waals surface area contributed by atoms with Crippen LogP contribution in [0.3, 0.4) is 0 Å². The van der Waals surface area contributed by atoms with Crippen molar-refractivity contribution in [3.05, 3.63) is 66.9 Å². The van der Waals surface area contributed by atoms with Gasteiger partial charge in [-0.1, -0.05) is 42.5 Å². The topological polar surface area (TPSA) is 38.4 Å². The van der Waals surface area contributed by atoms with E-state index in [9.17, 15) is 0 Å². The molecule has 2 N–H and O–H groups in total. The third-order valence-electron chi connectivity index (χ3n) is 2.37. The molecule has 17 heavy (non-hydrogen) atoms. The number of rotatable bonds is 3. The summed E-state index contributed by atoms with van der Waals surface area (Å²) < 4.78 is 0. The van der Waals surface area contributed by atoms with Crippen LogP contribution in [0.25, 0.3) is 11.1 Å². The van der Waals surface area contributed by atoms with Crippen molar-refractivity contribution in [2.45, 2.75) is 0 Å². The van der Waals surface area contributed by atoms with Gasteiger partial charge in [0.1, 0.15) is 0 Å². The lowest BCUT2D eigenvalue weighted by molar-refractivity contribution is 1.52. The van der Waals surface area contributed by atoms with E-state index in [0.29, 0.717) is 0 Å². The van der Waals surface area contributed by atoms with Crippen molar-refractivity contribution >= 4 is 11.9 Å². The van der Waals surface area contributed by atoms with E-state index in [1.165, 1.54) is 11.8 Å². The first-order valence-corrected chi connectivity index (χ1v) is 5.46. The summed E-state index contributed by atoms with van der Waals surface area (Å²) in [6.07, 6.45) is 4.85. The predicted molar refractivity (Wildman–Crippen MR) is 73.4 cm³/mol. The Labute approximate surface area is 101 Å². The molecule has 0 heterocycles. The third-order valence-corrected chi connectivity index (χ3v) is 2.37. The fourth-order valence-corrected chi connectivity index (χ4v) is 1.58. The van der Waals surface area contributed by atoms with Crippen LogP contribution in [0.5, 0.6) is 0 Å². The van der Waals surface area contributed by atoms with Gasteiger partial charge in [0.2, 0.25) is 0 Å². The van der Waals surface area contributed by atoms with Crippen molar-refractivity contribution in [3.63, 3.8) is 0 Å². The van der Waals surface area contributed by atoms with Gasteiger partial charge in [0.15, 0.2) is 0 Å². The summed E-state index contributed by atoms with van der Waals surface area (Å²) in [7, 11) is 0. The van der Waals surface area contributed by atoms with Crippen LogP contribution in [0, 0.1) is 0 Å². The number of benzene rings is 2. The molecule has 0 unspecified atom stereocenters.